The van der Waals surface area contributed by atoms with E-state index in [4.69, 9.17) is 11.6 Å². The van der Waals surface area contributed by atoms with Gasteiger partial charge in [-0.2, -0.15) is 13.2 Å². The van der Waals surface area contributed by atoms with E-state index < -0.39 is 11.7 Å². The minimum Gasteiger partial charge on any atom is -0.339 e. The van der Waals surface area contributed by atoms with Crippen LogP contribution in [0.4, 0.5) is 13.2 Å². The Kier molecular flexibility index (Phi) is 5.14. The summed E-state index contributed by atoms with van der Waals surface area (Å²) >= 11 is 5.71. The Bertz CT molecular complexity index is 479. The lowest BCUT2D eigenvalue weighted by Gasteiger charge is -2.31. The van der Waals surface area contributed by atoms with Gasteiger partial charge in [0.15, 0.2) is 0 Å². The molecule has 0 aromatic heterocycles. The highest BCUT2D eigenvalue weighted by Crippen LogP contribution is 2.29. The third-order valence-corrected chi connectivity index (χ3v) is 4.10. The van der Waals surface area contributed by atoms with E-state index in [2.05, 4.69) is 0 Å². The zero-order valence-corrected chi connectivity index (χ0v) is 12.3. The van der Waals surface area contributed by atoms with Gasteiger partial charge >= 0.3 is 6.18 Å². The average Bonchev–Trinajstić information content (AvgIpc) is 2.47. The van der Waals surface area contributed by atoms with Crippen molar-refractivity contribution in [1.82, 2.24) is 4.90 Å². The highest BCUT2D eigenvalue weighted by Gasteiger charge is 2.30. The monoisotopic (exact) mass is 319 g/mol. The number of likely N-dealkylation sites (tertiary alicyclic amines) is 1. The number of piperidine rings is 1. The predicted molar refractivity (Wildman–Crippen MR) is 75.4 cm³/mol. The van der Waals surface area contributed by atoms with Crippen molar-refractivity contribution in [3.8, 4) is 0 Å². The second-order valence-corrected chi connectivity index (χ2v) is 5.67. The van der Waals surface area contributed by atoms with E-state index in [-0.39, 0.29) is 5.91 Å². The molecular formula is C15H17ClF3NO. The zero-order valence-electron chi connectivity index (χ0n) is 11.5. The number of carbonyl (C=O) groups excluding carboxylic acids is 1. The first-order valence-electron chi connectivity index (χ1n) is 6.94. The first-order valence-corrected chi connectivity index (χ1v) is 7.48. The summed E-state index contributed by atoms with van der Waals surface area (Å²) in [5, 5.41) is 0. The molecule has 1 aromatic rings. The smallest absolute Gasteiger partial charge is 0.339 e. The van der Waals surface area contributed by atoms with Gasteiger partial charge in [0.25, 0.3) is 5.91 Å². The van der Waals surface area contributed by atoms with Gasteiger partial charge in [0.2, 0.25) is 0 Å². The summed E-state index contributed by atoms with van der Waals surface area (Å²) in [5.74, 6) is 0.963. The highest BCUT2D eigenvalue weighted by atomic mass is 35.5. The molecule has 1 saturated heterocycles. The molecule has 0 spiro atoms. The van der Waals surface area contributed by atoms with E-state index >= 15 is 0 Å². The molecule has 1 aliphatic heterocycles. The van der Waals surface area contributed by atoms with E-state index in [9.17, 15) is 18.0 Å². The molecule has 0 saturated carbocycles. The van der Waals surface area contributed by atoms with Crippen molar-refractivity contribution in [3.63, 3.8) is 0 Å². The number of rotatable bonds is 3. The van der Waals surface area contributed by atoms with Crippen LogP contribution in [0.25, 0.3) is 0 Å². The van der Waals surface area contributed by atoms with Crippen molar-refractivity contribution < 1.29 is 18.0 Å². The van der Waals surface area contributed by atoms with Crippen molar-refractivity contribution in [3.05, 3.63) is 35.4 Å². The Balaban J connectivity index is 1.98. The number of halogens is 4. The molecule has 1 amide bonds. The standard InChI is InChI=1S/C15H17ClF3NO/c16-8-5-11-6-9-20(10-7-11)14(21)12-1-3-13(4-2-12)15(17,18)19/h1-4,11H,5-10H2. The fourth-order valence-corrected chi connectivity index (χ4v) is 2.87. The molecule has 0 radical (unpaired) electrons. The normalized spacial score (nSPS) is 17.0. The van der Waals surface area contributed by atoms with Crippen LogP contribution in [-0.2, 0) is 6.18 Å². The van der Waals surface area contributed by atoms with E-state index in [1.165, 1.54) is 12.1 Å². The van der Waals surface area contributed by atoms with Crippen LogP contribution in [-0.4, -0.2) is 29.8 Å². The summed E-state index contributed by atoms with van der Waals surface area (Å²) in [6.45, 7) is 1.28. The summed E-state index contributed by atoms with van der Waals surface area (Å²) in [6, 6.07) is 4.40. The molecule has 116 valence electrons. The summed E-state index contributed by atoms with van der Waals surface area (Å²) in [5.41, 5.74) is -0.432. The molecule has 0 atom stereocenters. The molecule has 0 N–H and O–H groups in total. The molecule has 0 bridgehead atoms. The average molecular weight is 320 g/mol. The lowest BCUT2D eigenvalue weighted by atomic mass is 9.94. The minimum absolute atomic E-state index is 0.201. The summed E-state index contributed by atoms with van der Waals surface area (Å²) in [6.07, 6.45) is -1.62. The molecule has 0 unspecified atom stereocenters. The third kappa shape index (κ3) is 4.13. The maximum atomic E-state index is 12.5. The van der Waals surface area contributed by atoms with E-state index in [1.54, 1.807) is 4.90 Å². The Morgan fingerprint density at radius 3 is 2.24 bits per heavy atom. The Morgan fingerprint density at radius 1 is 1.19 bits per heavy atom. The van der Waals surface area contributed by atoms with Crippen molar-refractivity contribution >= 4 is 17.5 Å². The number of nitrogens with zero attached hydrogens (tertiary/aromatic N) is 1. The summed E-state index contributed by atoms with van der Waals surface area (Å²) < 4.78 is 37.5. The molecular weight excluding hydrogens is 303 g/mol. The van der Waals surface area contributed by atoms with Crippen LogP contribution in [0.15, 0.2) is 24.3 Å². The summed E-state index contributed by atoms with van der Waals surface area (Å²) in [7, 11) is 0. The molecule has 2 nitrogen and oxygen atoms in total. The van der Waals surface area contributed by atoms with Gasteiger partial charge in [0, 0.05) is 24.5 Å². The van der Waals surface area contributed by atoms with Crippen LogP contribution in [0.1, 0.15) is 35.2 Å². The van der Waals surface area contributed by atoms with Gasteiger partial charge in [-0.3, -0.25) is 4.79 Å². The maximum absolute atomic E-state index is 12.5. The van der Waals surface area contributed by atoms with Crippen LogP contribution in [0.2, 0.25) is 0 Å². The molecule has 1 aliphatic rings. The van der Waals surface area contributed by atoms with E-state index in [0.717, 1.165) is 31.4 Å². The first-order chi connectivity index (χ1) is 9.91. The van der Waals surface area contributed by atoms with Gasteiger partial charge in [-0.25, -0.2) is 0 Å². The van der Waals surface area contributed by atoms with Crippen LogP contribution < -0.4 is 0 Å². The van der Waals surface area contributed by atoms with Gasteiger partial charge in [0.1, 0.15) is 0 Å². The number of alkyl halides is 4. The van der Waals surface area contributed by atoms with Crippen molar-refractivity contribution in [2.45, 2.75) is 25.4 Å². The van der Waals surface area contributed by atoms with Crippen molar-refractivity contribution in [2.24, 2.45) is 5.92 Å². The number of carbonyl (C=O) groups is 1. The second kappa shape index (κ2) is 6.69. The first kappa shape index (κ1) is 16.1. The van der Waals surface area contributed by atoms with Crippen LogP contribution in [0, 0.1) is 5.92 Å². The lowest BCUT2D eigenvalue weighted by molar-refractivity contribution is -0.137. The number of hydrogen-bond donors (Lipinski definition) is 0. The molecule has 1 aromatic carbocycles. The van der Waals surface area contributed by atoms with Gasteiger partial charge in [-0.1, -0.05) is 0 Å². The topological polar surface area (TPSA) is 20.3 Å². The number of amides is 1. The third-order valence-electron chi connectivity index (χ3n) is 3.88. The lowest BCUT2D eigenvalue weighted by Crippen LogP contribution is -2.38. The molecule has 2 rings (SSSR count). The summed E-state index contributed by atoms with van der Waals surface area (Å²) in [4.78, 5) is 13.9. The van der Waals surface area contributed by atoms with Crippen LogP contribution in [0.3, 0.4) is 0 Å². The van der Waals surface area contributed by atoms with Gasteiger partial charge < -0.3 is 4.90 Å². The zero-order chi connectivity index (χ0) is 15.5. The van der Waals surface area contributed by atoms with Gasteiger partial charge in [-0.05, 0) is 49.4 Å². The maximum Gasteiger partial charge on any atom is 0.416 e. The van der Waals surface area contributed by atoms with Crippen molar-refractivity contribution in [2.75, 3.05) is 19.0 Å². The van der Waals surface area contributed by atoms with E-state index in [1.807, 2.05) is 0 Å². The van der Waals surface area contributed by atoms with E-state index in [0.29, 0.717) is 30.5 Å². The second-order valence-electron chi connectivity index (χ2n) is 5.29. The molecule has 6 heteroatoms. The predicted octanol–water partition coefficient (Wildman–Crippen LogP) is 4.19. The van der Waals surface area contributed by atoms with Crippen LogP contribution in [0.5, 0.6) is 0 Å². The Morgan fingerprint density at radius 2 is 1.76 bits per heavy atom. The fourth-order valence-electron chi connectivity index (χ4n) is 2.56. The quantitative estimate of drug-likeness (QED) is 0.765. The molecule has 1 fully saturated rings. The number of hydrogen-bond acceptors (Lipinski definition) is 1. The molecule has 1 heterocycles. The molecule has 0 aliphatic carbocycles. The SMILES string of the molecule is O=C(c1ccc(C(F)(F)F)cc1)N1CCC(CCCl)CC1. The molecule has 21 heavy (non-hydrogen) atoms. The van der Waals surface area contributed by atoms with Crippen molar-refractivity contribution in [1.29, 1.82) is 0 Å². The minimum atomic E-state index is -4.37. The highest BCUT2D eigenvalue weighted by molar-refractivity contribution is 6.17. The Hall–Kier alpha value is -1.23. The largest absolute Gasteiger partial charge is 0.416 e. The van der Waals surface area contributed by atoms with Gasteiger partial charge in [-0.15, -0.1) is 11.6 Å². The Labute approximate surface area is 126 Å². The number of benzene rings is 1. The van der Waals surface area contributed by atoms with Gasteiger partial charge in [0.05, 0.1) is 5.56 Å². The fraction of sp³-hybridized carbons (Fsp3) is 0.533. The van der Waals surface area contributed by atoms with Crippen LogP contribution >= 0.6 is 11.6 Å².